The fraction of sp³-hybridized carbons (Fsp3) is 0.286. The Kier molecular flexibility index (Phi) is 4.02. The summed E-state index contributed by atoms with van der Waals surface area (Å²) in [7, 11) is 0. The largest absolute Gasteiger partial charge is 0.494 e. The molecule has 0 unspecified atom stereocenters. The molecule has 6 heteroatoms. The number of aromatic nitrogens is 2. The molecule has 0 aliphatic rings. The van der Waals surface area contributed by atoms with E-state index in [9.17, 15) is 19.1 Å². The maximum atomic E-state index is 13.8. The van der Waals surface area contributed by atoms with Gasteiger partial charge in [-0.2, -0.15) is 0 Å². The average Bonchev–Trinajstić information content (AvgIpc) is 2.40. The molecule has 2 rings (SSSR count). The predicted octanol–water partition coefficient (Wildman–Crippen LogP) is 1.85. The summed E-state index contributed by atoms with van der Waals surface area (Å²) in [6.07, 6.45) is 1.48. The number of hydrogen-bond acceptors (Lipinski definition) is 3. The second kappa shape index (κ2) is 5.73. The molecule has 1 aromatic heterocycles. The van der Waals surface area contributed by atoms with Gasteiger partial charge in [-0.15, -0.1) is 0 Å². The third-order valence-corrected chi connectivity index (χ3v) is 3.05. The van der Waals surface area contributed by atoms with Gasteiger partial charge in [-0.3, -0.25) is 14.3 Å². The van der Waals surface area contributed by atoms with Gasteiger partial charge in [0.05, 0.1) is 0 Å². The minimum atomic E-state index is -0.801. The smallest absolute Gasteiger partial charge is 0.331 e. The molecule has 0 radical (unpaired) electrons. The Morgan fingerprint density at radius 3 is 2.65 bits per heavy atom. The van der Waals surface area contributed by atoms with E-state index < -0.39 is 22.9 Å². The van der Waals surface area contributed by atoms with Crippen molar-refractivity contribution in [2.45, 2.75) is 26.3 Å². The number of aromatic amines is 1. The van der Waals surface area contributed by atoms with E-state index in [2.05, 4.69) is 4.98 Å². The van der Waals surface area contributed by atoms with Crippen molar-refractivity contribution >= 4 is 0 Å². The lowest BCUT2D eigenvalue weighted by molar-refractivity contribution is 0.397. The molecule has 1 aromatic carbocycles. The van der Waals surface area contributed by atoms with Crippen LogP contribution in [0.25, 0.3) is 11.1 Å². The zero-order valence-electron chi connectivity index (χ0n) is 11.0. The van der Waals surface area contributed by atoms with Crippen LogP contribution in [0.3, 0.4) is 0 Å². The molecular formula is C14H15FN2O3. The number of H-pyrrole nitrogens is 1. The van der Waals surface area contributed by atoms with Gasteiger partial charge in [0.2, 0.25) is 5.88 Å². The normalized spacial score (nSPS) is 10.7. The van der Waals surface area contributed by atoms with Crippen LogP contribution in [0, 0.1) is 5.82 Å². The van der Waals surface area contributed by atoms with Gasteiger partial charge in [-0.1, -0.05) is 31.5 Å². The molecular weight excluding hydrogens is 263 g/mol. The topological polar surface area (TPSA) is 75.1 Å². The summed E-state index contributed by atoms with van der Waals surface area (Å²) in [6, 6.07) is 5.61. The first-order valence-corrected chi connectivity index (χ1v) is 6.37. The third-order valence-electron chi connectivity index (χ3n) is 3.05. The maximum Gasteiger partial charge on any atom is 0.331 e. The van der Waals surface area contributed by atoms with Crippen LogP contribution < -0.4 is 11.2 Å². The van der Waals surface area contributed by atoms with Crippen molar-refractivity contribution in [3.63, 3.8) is 0 Å². The zero-order chi connectivity index (χ0) is 14.7. The highest BCUT2D eigenvalue weighted by atomic mass is 19.1. The number of rotatable bonds is 4. The lowest BCUT2D eigenvalue weighted by Crippen LogP contribution is -2.31. The molecule has 0 saturated carbocycles. The SMILES string of the molecule is CCCCn1c(O)c(-c2ccccc2F)c(=O)[nH]c1=O. The number of aromatic hydroxyl groups is 1. The summed E-state index contributed by atoms with van der Waals surface area (Å²) >= 11 is 0. The molecule has 106 valence electrons. The van der Waals surface area contributed by atoms with Crippen molar-refractivity contribution < 1.29 is 9.50 Å². The number of benzene rings is 1. The van der Waals surface area contributed by atoms with Crippen LogP contribution in [0.15, 0.2) is 33.9 Å². The summed E-state index contributed by atoms with van der Waals surface area (Å²) in [5.41, 5.74) is -1.75. The van der Waals surface area contributed by atoms with Gasteiger partial charge in [-0.25, -0.2) is 9.18 Å². The minimum Gasteiger partial charge on any atom is -0.494 e. The molecule has 0 aliphatic carbocycles. The monoisotopic (exact) mass is 278 g/mol. The molecule has 0 spiro atoms. The molecule has 20 heavy (non-hydrogen) atoms. The van der Waals surface area contributed by atoms with Crippen LogP contribution in [-0.2, 0) is 6.54 Å². The Bertz CT molecular complexity index is 734. The van der Waals surface area contributed by atoms with Crippen molar-refractivity contribution in [1.29, 1.82) is 0 Å². The van der Waals surface area contributed by atoms with Gasteiger partial charge < -0.3 is 5.11 Å². The Labute approximate surface area is 114 Å². The summed E-state index contributed by atoms with van der Waals surface area (Å²) in [5.74, 6) is -1.13. The van der Waals surface area contributed by atoms with Gasteiger partial charge in [0.15, 0.2) is 0 Å². The van der Waals surface area contributed by atoms with Gasteiger partial charge >= 0.3 is 5.69 Å². The van der Waals surface area contributed by atoms with Crippen molar-refractivity contribution in [3.8, 4) is 17.0 Å². The summed E-state index contributed by atoms with van der Waals surface area (Å²) in [4.78, 5) is 25.6. The number of unbranched alkanes of at least 4 members (excludes halogenated alkanes) is 1. The summed E-state index contributed by atoms with van der Waals surface area (Å²) < 4.78 is 14.8. The molecule has 0 saturated heterocycles. The quantitative estimate of drug-likeness (QED) is 0.896. The van der Waals surface area contributed by atoms with Crippen LogP contribution in [0.5, 0.6) is 5.88 Å². The number of hydrogen-bond donors (Lipinski definition) is 2. The van der Waals surface area contributed by atoms with Gasteiger partial charge in [-0.05, 0) is 12.5 Å². The van der Waals surface area contributed by atoms with Crippen LogP contribution in [-0.4, -0.2) is 14.7 Å². The second-order valence-electron chi connectivity index (χ2n) is 4.44. The number of nitrogens with one attached hydrogen (secondary N) is 1. The van der Waals surface area contributed by atoms with E-state index in [-0.39, 0.29) is 17.7 Å². The lowest BCUT2D eigenvalue weighted by Gasteiger charge is -2.11. The summed E-state index contributed by atoms with van der Waals surface area (Å²) in [6.45, 7) is 2.20. The fourth-order valence-electron chi connectivity index (χ4n) is 1.99. The first-order chi connectivity index (χ1) is 9.56. The van der Waals surface area contributed by atoms with E-state index in [4.69, 9.17) is 0 Å². The Balaban J connectivity index is 2.68. The van der Waals surface area contributed by atoms with E-state index in [1.807, 2.05) is 6.92 Å². The first kappa shape index (κ1) is 14.0. The Morgan fingerprint density at radius 2 is 2.00 bits per heavy atom. The van der Waals surface area contributed by atoms with E-state index in [1.165, 1.54) is 18.2 Å². The van der Waals surface area contributed by atoms with Crippen molar-refractivity contribution in [2.24, 2.45) is 0 Å². The highest BCUT2D eigenvalue weighted by molar-refractivity contribution is 5.67. The molecule has 0 bridgehead atoms. The van der Waals surface area contributed by atoms with E-state index in [0.717, 1.165) is 11.0 Å². The van der Waals surface area contributed by atoms with Crippen molar-refractivity contribution in [3.05, 3.63) is 50.9 Å². The van der Waals surface area contributed by atoms with Gasteiger partial charge in [0.1, 0.15) is 11.4 Å². The Hall–Kier alpha value is -2.37. The molecule has 0 amide bonds. The molecule has 1 heterocycles. The van der Waals surface area contributed by atoms with E-state index in [0.29, 0.717) is 6.42 Å². The zero-order valence-corrected chi connectivity index (χ0v) is 11.0. The Morgan fingerprint density at radius 1 is 1.30 bits per heavy atom. The van der Waals surface area contributed by atoms with Crippen LogP contribution in [0.4, 0.5) is 4.39 Å². The van der Waals surface area contributed by atoms with Gasteiger partial charge in [0, 0.05) is 12.1 Å². The van der Waals surface area contributed by atoms with Crippen LogP contribution in [0.2, 0.25) is 0 Å². The minimum absolute atomic E-state index is 0.0310. The molecule has 0 fully saturated rings. The molecule has 0 aliphatic heterocycles. The molecule has 2 N–H and O–H groups in total. The highest BCUT2D eigenvalue weighted by Gasteiger charge is 2.18. The fourth-order valence-corrected chi connectivity index (χ4v) is 1.99. The van der Waals surface area contributed by atoms with Crippen LogP contribution in [0.1, 0.15) is 19.8 Å². The lowest BCUT2D eigenvalue weighted by atomic mass is 10.1. The average molecular weight is 278 g/mol. The van der Waals surface area contributed by atoms with E-state index >= 15 is 0 Å². The van der Waals surface area contributed by atoms with E-state index in [1.54, 1.807) is 6.07 Å². The first-order valence-electron chi connectivity index (χ1n) is 6.37. The number of halogens is 1. The van der Waals surface area contributed by atoms with Gasteiger partial charge in [0.25, 0.3) is 5.56 Å². The maximum absolute atomic E-state index is 13.8. The highest BCUT2D eigenvalue weighted by Crippen LogP contribution is 2.26. The third kappa shape index (κ3) is 2.49. The predicted molar refractivity (Wildman–Crippen MR) is 73.3 cm³/mol. The molecule has 5 nitrogen and oxygen atoms in total. The molecule has 2 aromatic rings. The summed E-state index contributed by atoms with van der Waals surface area (Å²) in [5, 5.41) is 10.1. The van der Waals surface area contributed by atoms with Crippen molar-refractivity contribution in [1.82, 2.24) is 9.55 Å². The second-order valence-corrected chi connectivity index (χ2v) is 4.44. The van der Waals surface area contributed by atoms with Crippen LogP contribution >= 0.6 is 0 Å². The number of nitrogens with zero attached hydrogens (tertiary/aromatic N) is 1. The van der Waals surface area contributed by atoms with Crippen molar-refractivity contribution in [2.75, 3.05) is 0 Å². The standard InChI is InChI=1S/C14H15FN2O3/c1-2-3-8-17-13(19)11(12(18)16-14(17)20)9-6-4-5-7-10(9)15/h4-7,19H,2-3,8H2,1H3,(H,16,18,20). The molecule has 0 atom stereocenters.